The normalized spacial score (nSPS) is 15.4. The molecular formula is C29H24F4N6OS. The number of thiophene rings is 1. The van der Waals surface area contributed by atoms with Crippen molar-refractivity contribution in [1.29, 1.82) is 5.26 Å². The van der Waals surface area contributed by atoms with E-state index in [0.717, 1.165) is 27.4 Å². The molecule has 41 heavy (non-hydrogen) atoms. The van der Waals surface area contributed by atoms with Crippen LogP contribution in [0, 0.1) is 17.1 Å². The summed E-state index contributed by atoms with van der Waals surface area (Å²) in [6, 6.07) is 12.9. The first-order valence-electron chi connectivity index (χ1n) is 12.6. The Bertz CT molecular complexity index is 1670. The quantitative estimate of drug-likeness (QED) is 0.219. The van der Waals surface area contributed by atoms with Gasteiger partial charge >= 0.3 is 6.18 Å². The number of pyridine rings is 1. The highest BCUT2D eigenvalue weighted by Gasteiger charge is 2.40. The third-order valence-corrected chi connectivity index (χ3v) is 7.71. The highest BCUT2D eigenvalue weighted by molar-refractivity contribution is 7.12. The molecule has 0 aliphatic carbocycles. The zero-order valence-electron chi connectivity index (χ0n) is 22.1. The second kappa shape index (κ2) is 11.3. The highest BCUT2D eigenvalue weighted by atomic mass is 32.1. The number of benzene rings is 1. The molecule has 0 bridgehead atoms. The number of fused-ring (bicyclic) bond motifs is 1. The summed E-state index contributed by atoms with van der Waals surface area (Å²) in [5, 5.41) is 13.3. The van der Waals surface area contributed by atoms with Crippen LogP contribution in [0.5, 0.6) is 0 Å². The molecule has 0 spiro atoms. The van der Waals surface area contributed by atoms with E-state index in [1.165, 1.54) is 29.7 Å². The van der Waals surface area contributed by atoms with E-state index in [1.54, 1.807) is 41.3 Å². The van der Waals surface area contributed by atoms with Gasteiger partial charge in [-0.15, -0.1) is 11.3 Å². The highest BCUT2D eigenvalue weighted by Crippen LogP contribution is 2.44. The van der Waals surface area contributed by atoms with E-state index in [-0.39, 0.29) is 35.9 Å². The Hall–Kier alpha value is -4.34. The van der Waals surface area contributed by atoms with E-state index in [0.29, 0.717) is 17.0 Å². The number of hydrogen-bond acceptors (Lipinski definition) is 6. The molecule has 1 aliphatic rings. The summed E-state index contributed by atoms with van der Waals surface area (Å²) >= 11 is 1.26. The van der Waals surface area contributed by atoms with Gasteiger partial charge in [-0.25, -0.2) is 14.1 Å². The maximum absolute atomic E-state index is 14.5. The predicted octanol–water partition coefficient (Wildman–Crippen LogP) is 5.62. The van der Waals surface area contributed by atoms with Gasteiger partial charge in [0.15, 0.2) is 17.3 Å². The van der Waals surface area contributed by atoms with E-state index in [9.17, 15) is 27.6 Å². The van der Waals surface area contributed by atoms with Crippen LogP contribution in [-0.2, 0) is 17.5 Å². The van der Waals surface area contributed by atoms with Gasteiger partial charge < -0.3 is 9.80 Å². The summed E-state index contributed by atoms with van der Waals surface area (Å²) in [6.45, 7) is 1.05. The number of alkyl halides is 3. The second-order valence-electron chi connectivity index (χ2n) is 9.77. The molecular weight excluding hydrogens is 556 g/mol. The fourth-order valence-corrected chi connectivity index (χ4v) is 5.89. The SMILES string of the molecule is CN(C)C/C=C/C(=O)N1Cc2sc(C#N)cc2[C@H](c2ccccc2-c2cn(-c3ncccc3F)nc2C(F)(F)F)C1. The molecule has 7 nitrogen and oxygen atoms in total. The number of rotatable bonds is 6. The number of carbonyl (C=O) groups excluding carboxylic acids is 1. The van der Waals surface area contributed by atoms with Gasteiger partial charge in [0.1, 0.15) is 10.9 Å². The molecule has 4 heterocycles. The molecule has 12 heteroatoms. The molecule has 0 saturated carbocycles. The molecule has 210 valence electrons. The van der Waals surface area contributed by atoms with Crippen molar-refractivity contribution in [2.75, 3.05) is 27.2 Å². The Labute approximate surface area is 237 Å². The van der Waals surface area contributed by atoms with Crippen LogP contribution >= 0.6 is 11.3 Å². The van der Waals surface area contributed by atoms with E-state index >= 15 is 0 Å². The topological polar surface area (TPSA) is 78.0 Å². The van der Waals surface area contributed by atoms with Crippen LogP contribution in [0.3, 0.4) is 0 Å². The van der Waals surface area contributed by atoms with Crippen LogP contribution < -0.4 is 0 Å². The van der Waals surface area contributed by atoms with Crippen LogP contribution in [0.1, 0.15) is 32.5 Å². The lowest BCUT2D eigenvalue weighted by atomic mass is 9.83. The van der Waals surface area contributed by atoms with Crippen LogP contribution in [0.2, 0.25) is 0 Å². The first kappa shape index (κ1) is 28.2. The lowest BCUT2D eigenvalue weighted by molar-refractivity contribution is -0.140. The van der Waals surface area contributed by atoms with Crippen LogP contribution in [-0.4, -0.2) is 57.7 Å². The predicted molar refractivity (Wildman–Crippen MR) is 146 cm³/mol. The van der Waals surface area contributed by atoms with E-state index in [2.05, 4.69) is 16.2 Å². The van der Waals surface area contributed by atoms with Gasteiger partial charge in [-0.1, -0.05) is 30.3 Å². The van der Waals surface area contributed by atoms with Gasteiger partial charge in [0.2, 0.25) is 5.91 Å². The zero-order valence-corrected chi connectivity index (χ0v) is 22.9. The van der Waals surface area contributed by atoms with Crippen LogP contribution in [0.4, 0.5) is 17.6 Å². The van der Waals surface area contributed by atoms with Crippen molar-refractivity contribution in [3.63, 3.8) is 0 Å². The number of hydrogen-bond donors (Lipinski definition) is 0. The number of amides is 1. The Kier molecular flexibility index (Phi) is 7.75. The van der Waals surface area contributed by atoms with Crippen molar-refractivity contribution in [3.8, 4) is 23.0 Å². The van der Waals surface area contributed by atoms with Crippen molar-refractivity contribution < 1.29 is 22.4 Å². The number of halogens is 4. The summed E-state index contributed by atoms with van der Waals surface area (Å²) < 4.78 is 58.1. The van der Waals surface area contributed by atoms with Gasteiger partial charge in [-0.3, -0.25) is 4.79 Å². The fourth-order valence-electron chi connectivity index (χ4n) is 4.86. The minimum Gasteiger partial charge on any atom is -0.333 e. The van der Waals surface area contributed by atoms with Gasteiger partial charge in [-0.2, -0.15) is 23.5 Å². The second-order valence-corrected chi connectivity index (χ2v) is 10.9. The molecule has 0 unspecified atom stereocenters. The first-order valence-corrected chi connectivity index (χ1v) is 13.4. The Balaban J connectivity index is 1.63. The average molecular weight is 581 g/mol. The number of nitrogens with zero attached hydrogens (tertiary/aromatic N) is 6. The van der Waals surface area contributed by atoms with E-state index in [1.807, 2.05) is 19.0 Å². The standard InChI is InChI=1S/C29H24F4N6OS/c1-37(2)12-6-10-26(40)38-15-22(21-13-18(14-34)41-25(21)17-38)19-7-3-4-8-20(19)23-16-39(36-27(23)29(31,32)33)28-24(30)9-5-11-35-28/h3-11,13,16,22H,12,15,17H2,1-2H3/b10-6+/t22-/m0/s1. The molecule has 3 aromatic heterocycles. The van der Waals surface area contributed by atoms with Gasteiger partial charge in [0.05, 0.1) is 6.54 Å². The van der Waals surface area contributed by atoms with Crippen LogP contribution in [0.15, 0.2) is 67.0 Å². The van der Waals surface area contributed by atoms with Gasteiger partial charge in [0, 0.05) is 47.9 Å². The number of carbonyl (C=O) groups is 1. The average Bonchev–Trinajstić information content (AvgIpc) is 3.57. The summed E-state index contributed by atoms with van der Waals surface area (Å²) in [7, 11) is 3.76. The third-order valence-electron chi connectivity index (χ3n) is 6.67. The molecule has 0 radical (unpaired) electrons. The number of nitriles is 1. The van der Waals surface area contributed by atoms with Crippen molar-refractivity contribution in [1.82, 2.24) is 24.6 Å². The lowest BCUT2D eigenvalue weighted by Gasteiger charge is -2.33. The van der Waals surface area contributed by atoms with Crippen molar-refractivity contribution in [2.24, 2.45) is 0 Å². The van der Waals surface area contributed by atoms with Crippen molar-refractivity contribution in [2.45, 2.75) is 18.6 Å². The molecule has 5 rings (SSSR count). The Morgan fingerprint density at radius 3 is 2.68 bits per heavy atom. The van der Waals surface area contributed by atoms with Gasteiger partial charge in [0.25, 0.3) is 0 Å². The Morgan fingerprint density at radius 2 is 1.98 bits per heavy atom. The fraction of sp³-hybridized carbons (Fsp3) is 0.241. The molecule has 1 amide bonds. The largest absolute Gasteiger partial charge is 0.435 e. The molecule has 1 aromatic carbocycles. The minimum atomic E-state index is -4.84. The van der Waals surface area contributed by atoms with E-state index in [4.69, 9.17) is 0 Å². The number of likely N-dealkylation sites (N-methyl/N-ethyl adjacent to an activating group) is 1. The van der Waals surface area contributed by atoms with Crippen molar-refractivity contribution in [3.05, 3.63) is 99.4 Å². The molecule has 1 aliphatic heterocycles. The monoisotopic (exact) mass is 580 g/mol. The molecule has 4 aromatic rings. The summed E-state index contributed by atoms with van der Waals surface area (Å²) in [5.74, 6) is -1.93. The molecule has 0 N–H and O–H groups in total. The maximum Gasteiger partial charge on any atom is 0.435 e. The third kappa shape index (κ3) is 5.77. The van der Waals surface area contributed by atoms with Crippen molar-refractivity contribution >= 4 is 17.2 Å². The molecule has 1 atom stereocenters. The molecule has 0 fully saturated rings. The Morgan fingerprint density at radius 1 is 1.20 bits per heavy atom. The number of aromatic nitrogens is 3. The smallest absolute Gasteiger partial charge is 0.333 e. The maximum atomic E-state index is 14.5. The van der Waals surface area contributed by atoms with E-state index < -0.39 is 23.6 Å². The van der Waals surface area contributed by atoms with Crippen LogP contribution in [0.25, 0.3) is 16.9 Å². The lowest BCUT2D eigenvalue weighted by Crippen LogP contribution is -2.37. The summed E-state index contributed by atoms with van der Waals surface area (Å²) in [5.41, 5.74) is 0.119. The first-order chi connectivity index (χ1) is 19.6. The minimum absolute atomic E-state index is 0.196. The molecule has 0 saturated heterocycles. The summed E-state index contributed by atoms with van der Waals surface area (Å²) in [6.07, 6.45) is 0.785. The summed E-state index contributed by atoms with van der Waals surface area (Å²) in [4.78, 5) is 21.8. The zero-order chi connectivity index (χ0) is 29.3. The van der Waals surface area contributed by atoms with Gasteiger partial charge in [-0.05, 0) is 49.0 Å².